The van der Waals surface area contributed by atoms with Crippen LogP contribution in [0.2, 0.25) is 0 Å². The van der Waals surface area contributed by atoms with Crippen LogP contribution in [0.1, 0.15) is 49.0 Å². The van der Waals surface area contributed by atoms with Gasteiger partial charge in [0, 0.05) is 28.3 Å². The zero-order valence-electron chi connectivity index (χ0n) is 12.5. The minimum atomic E-state index is -3.83. The summed E-state index contributed by atoms with van der Waals surface area (Å²) >= 11 is 0. The second kappa shape index (κ2) is 5.97. The highest BCUT2D eigenvalue weighted by Gasteiger charge is 2.34. The highest BCUT2D eigenvalue weighted by molar-refractivity contribution is 8.13. The third kappa shape index (κ3) is 3.24. The lowest BCUT2D eigenvalue weighted by Gasteiger charge is -2.28. The molecule has 116 valence electrons. The number of aryl methyl sites for hydroxylation is 1. The number of hydrogen-bond donors (Lipinski definition) is 0. The van der Waals surface area contributed by atoms with E-state index in [4.69, 9.17) is 10.7 Å². The molecule has 0 saturated carbocycles. The van der Waals surface area contributed by atoms with E-state index >= 15 is 0 Å². The molecule has 0 bridgehead atoms. The molecule has 6 heteroatoms. The van der Waals surface area contributed by atoms with Crippen molar-refractivity contribution in [1.29, 1.82) is 0 Å². The van der Waals surface area contributed by atoms with E-state index in [9.17, 15) is 13.2 Å². The Morgan fingerprint density at radius 2 is 2.05 bits per heavy atom. The van der Waals surface area contributed by atoms with Crippen LogP contribution >= 0.6 is 10.7 Å². The second-order valence-electron chi connectivity index (χ2n) is 5.62. The fourth-order valence-electron chi connectivity index (χ4n) is 2.96. The summed E-state index contributed by atoms with van der Waals surface area (Å²) in [5.74, 6) is -0.105. The number of carbonyl (C=O) groups excluding carboxylic acids is 1. The van der Waals surface area contributed by atoms with Crippen molar-refractivity contribution in [2.45, 2.75) is 57.0 Å². The molecule has 1 aliphatic rings. The average molecular weight is 330 g/mol. The van der Waals surface area contributed by atoms with Gasteiger partial charge < -0.3 is 4.90 Å². The molecule has 1 aromatic rings. The average Bonchev–Trinajstić information content (AvgIpc) is 2.78. The molecule has 0 N–H and O–H groups in total. The molecule has 1 heterocycles. The van der Waals surface area contributed by atoms with Crippen LogP contribution in [0.25, 0.3) is 0 Å². The Bertz CT molecular complexity index is 657. The summed E-state index contributed by atoms with van der Waals surface area (Å²) in [7, 11) is 1.55. The van der Waals surface area contributed by atoms with Gasteiger partial charge in [-0.05, 0) is 50.8 Å². The van der Waals surface area contributed by atoms with Gasteiger partial charge in [0.15, 0.2) is 0 Å². The molecule has 2 rings (SSSR count). The van der Waals surface area contributed by atoms with Crippen molar-refractivity contribution in [3.05, 3.63) is 29.3 Å². The van der Waals surface area contributed by atoms with Gasteiger partial charge in [-0.15, -0.1) is 0 Å². The minimum Gasteiger partial charge on any atom is -0.333 e. The van der Waals surface area contributed by atoms with Crippen LogP contribution in [0.3, 0.4) is 0 Å². The van der Waals surface area contributed by atoms with Gasteiger partial charge in [0.05, 0.1) is 4.90 Å². The Kier molecular flexibility index (Phi) is 4.63. The Morgan fingerprint density at radius 3 is 2.62 bits per heavy atom. The van der Waals surface area contributed by atoms with E-state index in [2.05, 4.69) is 6.92 Å². The second-order valence-corrected chi connectivity index (χ2v) is 8.18. The van der Waals surface area contributed by atoms with E-state index in [-0.39, 0.29) is 22.9 Å². The standard InChI is InChI=1S/C15H20ClNO3S/c1-4-12-7-6-11(3)17(12)15(18)14-9-13(21(16,19)20)8-5-10(14)2/h5,8-9,11-12H,4,6-7H2,1-3H3. The van der Waals surface area contributed by atoms with Crippen molar-refractivity contribution >= 4 is 25.6 Å². The summed E-state index contributed by atoms with van der Waals surface area (Å²) in [6, 6.07) is 4.85. The molecule has 2 atom stereocenters. The monoisotopic (exact) mass is 329 g/mol. The number of nitrogens with zero attached hydrogens (tertiary/aromatic N) is 1. The van der Waals surface area contributed by atoms with Crippen LogP contribution < -0.4 is 0 Å². The van der Waals surface area contributed by atoms with Crippen LogP contribution in [0, 0.1) is 6.92 Å². The first-order valence-electron chi connectivity index (χ1n) is 7.13. The summed E-state index contributed by atoms with van der Waals surface area (Å²) < 4.78 is 22.9. The van der Waals surface area contributed by atoms with E-state index in [0.717, 1.165) is 24.8 Å². The van der Waals surface area contributed by atoms with Crippen molar-refractivity contribution in [2.24, 2.45) is 0 Å². The maximum atomic E-state index is 12.8. The highest BCUT2D eigenvalue weighted by atomic mass is 35.7. The van der Waals surface area contributed by atoms with Gasteiger partial charge in [0.1, 0.15) is 0 Å². The van der Waals surface area contributed by atoms with Crippen molar-refractivity contribution in [3.63, 3.8) is 0 Å². The first-order valence-corrected chi connectivity index (χ1v) is 9.44. The van der Waals surface area contributed by atoms with Crippen LogP contribution in [0.5, 0.6) is 0 Å². The van der Waals surface area contributed by atoms with Gasteiger partial charge in [-0.1, -0.05) is 13.0 Å². The van der Waals surface area contributed by atoms with Crippen LogP contribution in [-0.4, -0.2) is 31.3 Å². The van der Waals surface area contributed by atoms with Crippen molar-refractivity contribution in [3.8, 4) is 0 Å². The maximum absolute atomic E-state index is 12.8. The van der Waals surface area contributed by atoms with Crippen molar-refractivity contribution in [2.75, 3.05) is 0 Å². The summed E-state index contributed by atoms with van der Waals surface area (Å²) in [6.07, 6.45) is 2.88. The van der Waals surface area contributed by atoms with E-state index in [1.807, 2.05) is 11.8 Å². The van der Waals surface area contributed by atoms with Gasteiger partial charge in [-0.3, -0.25) is 4.79 Å². The molecule has 21 heavy (non-hydrogen) atoms. The normalized spacial score (nSPS) is 22.6. The summed E-state index contributed by atoms with van der Waals surface area (Å²) in [5, 5.41) is 0. The Hall–Kier alpha value is -1.07. The van der Waals surface area contributed by atoms with Gasteiger partial charge in [-0.25, -0.2) is 8.42 Å². The number of halogens is 1. The SMILES string of the molecule is CCC1CCC(C)N1C(=O)c1cc(S(=O)(=O)Cl)ccc1C. The van der Waals surface area contributed by atoms with E-state index in [0.29, 0.717) is 5.56 Å². The highest BCUT2D eigenvalue weighted by Crippen LogP contribution is 2.29. The van der Waals surface area contributed by atoms with E-state index in [1.54, 1.807) is 13.0 Å². The zero-order chi connectivity index (χ0) is 15.8. The number of likely N-dealkylation sites (tertiary alicyclic amines) is 1. The van der Waals surface area contributed by atoms with Crippen molar-refractivity contribution in [1.82, 2.24) is 4.90 Å². The topological polar surface area (TPSA) is 54.5 Å². The molecule has 0 radical (unpaired) electrons. The summed E-state index contributed by atoms with van der Waals surface area (Å²) in [5.41, 5.74) is 1.18. The quantitative estimate of drug-likeness (QED) is 0.799. The Morgan fingerprint density at radius 1 is 1.38 bits per heavy atom. The molecule has 1 aliphatic heterocycles. The molecule has 0 aliphatic carbocycles. The fourth-order valence-corrected chi connectivity index (χ4v) is 3.74. The minimum absolute atomic E-state index is 0.0296. The number of hydrogen-bond acceptors (Lipinski definition) is 3. The Balaban J connectivity index is 2.43. The molecule has 1 aromatic carbocycles. The molecular formula is C15H20ClNO3S. The summed E-state index contributed by atoms with van der Waals surface area (Å²) in [4.78, 5) is 14.7. The smallest absolute Gasteiger partial charge is 0.261 e. The Labute approximate surface area is 130 Å². The first kappa shape index (κ1) is 16.3. The number of carbonyl (C=O) groups is 1. The maximum Gasteiger partial charge on any atom is 0.261 e. The molecular weight excluding hydrogens is 310 g/mol. The lowest BCUT2D eigenvalue weighted by Crippen LogP contribution is -2.40. The molecule has 0 spiro atoms. The molecule has 1 fully saturated rings. The van der Waals surface area contributed by atoms with E-state index in [1.165, 1.54) is 12.1 Å². The fraction of sp³-hybridized carbons (Fsp3) is 0.533. The van der Waals surface area contributed by atoms with E-state index < -0.39 is 9.05 Å². The van der Waals surface area contributed by atoms with Gasteiger partial charge >= 0.3 is 0 Å². The third-order valence-corrected chi connectivity index (χ3v) is 5.56. The van der Waals surface area contributed by atoms with Crippen molar-refractivity contribution < 1.29 is 13.2 Å². The molecule has 2 unspecified atom stereocenters. The molecule has 4 nitrogen and oxygen atoms in total. The lowest BCUT2D eigenvalue weighted by atomic mass is 10.1. The molecule has 1 saturated heterocycles. The largest absolute Gasteiger partial charge is 0.333 e. The predicted molar refractivity (Wildman–Crippen MR) is 83.2 cm³/mol. The molecule has 1 amide bonds. The van der Waals surface area contributed by atoms with Crippen LogP contribution in [-0.2, 0) is 9.05 Å². The molecule has 0 aromatic heterocycles. The summed E-state index contributed by atoms with van der Waals surface area (Å²) in [6.45, 7) is 5.90. The number of benzene rings is 1. The third-order valence-electron chi connectivity index (χ3n) is 4.21. The van der Waals surface area contributed by atoms with Crippen LogP contribution in [0.4, 0.5) is 0 Å². The predicted octanol–water partition coefficient (Wildman–Crippen LogP) is 3.33. The number of rotatable bonds is 3. The van der Waals surface area contributed by atoms with Gasteiger partial charge in [-0.2, -0.15) is 0 Å². The first-order chi connectivity index (χ1) is 9.75. The van der Waals surface area contributed by atoms with Crippen LogP contribution in [0.15, 0.2) is 23.1 Å². The zero-order valence-corrected chi connectivity index (χ0v) is 14.0. The van der Waals surface area contributed by atoms with Gasteiger partial charge in [0.25, 0.3) is 15.0 Å². The number of amides is 1. The van der Waals surface area contributed by atoms with Gasteiger partial charge in [0.2, 0.25) is 0 Å². The lowest BCUT2D eigenvalue weighted by molar-refractivity contribution is 0.0675.